The number of piperidine rings is 2. The Labute approximate surface area is 445 Å². The number of aryl methyl sites for hydroxylation is 1. The second kappa shape index (κ2) is 20.6. The molecule has 4 aromatic carbocycles. The summed E-state index contributed by atoms with van der Waals surface area (Å²) in [4.78, 5) is 79.4. The standard InChI is InChI=1S/C59H63N9O7S/c1-35-39(40-18-20-49(62-53(40)56(73)75-58(2,3)4)68-26-22-37-10-8-12-41(44(37)33-68)54(71)64-57-61-45-13-6-7-15-48(45)76-57)11-9-14-47(35)74-29-23-36-31-59(32-36)24-27-67(28-25-59)34-51(70)60-38-16-17-42-46(30-38)66(5)65-52(42)43-19-21-50(69)63-55(43)72/h6-18,20,30,36,43H,19,21-29,31-34H2,1-5H3,(H,60,70)(H,61,64,71)(H,63,69,72). The summed E-state index contributed by atoms with van der Waals surface area (Å²) < 4.78 is 15.2. The molecule has 3 fully saturated rings. The van der Waals surface area contributed by atoms with Crippen molar-refractivity contribution in [2.45, 2.75) is 97.1 Å². The Bertz CT molecular complexity index is 3400. The molecule has 3 N–H and O–H groups in total. The summed E-state index contributed by atoms with van der Waals surface area (Å²) in [5.41, 5.74) is 7.77. The number of thiazole rings is 1. The number of fused-ring (bicyclic) bond motifs is 3. The van der Waals surface area contributed by atoms with Crippen molar-refractivity contribution in [2.24, 2.45) is 18.4 Å². The third kappa shape index (κ3) is 10.5. The molecule has 4 amide bonds. The summed E-state index contributed by atoms with van der Waals surface area (Å²) in [6.45, 7) is 11.3. The fraction of sp³-hybridized carbons (Fsp3) is 0.390. The van der Waals surface area contributed by atoms with E-state index in [4.69, 9.17) is 14.5 Å². The Kier molecular flexibility index (Phi) is 13.7. The van der Waals surface area contributed by atoms with E-state index in [2.05, 4.69) is 41.9 Å². The Hall–Kier alpha value is -7.50. The van der Waals surface area contributed by atoms with Gasteiger partial charge in [0.1, 0.15) is 17.2 Å². The monoisotopic (exact) mass is 1040 g/mol. The zero-order chi connectivity index (χ0) is 52.9. The predicted octanol–water partition coefficient (Wildman–Crippen LogP) is 9.74. The molecule has 76 heavy (non-hydrogen) atoms. The van der Waals surface area contributed by atoms with Crippen LogP contribution >= 0.6 is 11.3 Å². The molecule has 17 heteroatoms. The van der Waals surface area contributed by atoms with Gasteiger partial charge in [-0.25, -0.2) is 14.8 Å². The number of pyridine rings is 1. The van der Waals surface area contributed by atoms with Crippen molar-refractivity contribution < 1.29 is 33.4 Å². The van der Waals surface area contributed by atoms with Crippen molar-refractivity contribution in [1.29, 1.82) is 0 Å². The Morgan fingerprint density at radius 1 is 0.882 bits per heavy atom. The number of para-hydroxylation sites is 1. The highest BCUT2D eigenvalue weighted by atomic mass is 32.1. The van der Waals surface area contributed by atoms with E-state index in [1.165, 1.54) is 11.3 Å². The van der Waals surface area contributed by atoms with Crippen LogP contribution in [0.2, 0.25) is 0 Å². The van der Waals surface area contributed by atoms with E-state index in [1.54, 1.807) is 4.68 Å². The van der Waals surface area contributed by atoms with Gasteiger partial charge in [0, 0.05) is 48.8 Å². The molecule has 1 spiro atoms. The van der Waals surface area contributed by atoms with Crippen LogP contribution in [0, 0.1) is 18.3 Å². The van der Waals surface area contributed by atoms with E-state index < -0.39 is 17.5 Å². The topological polar surface area (TPSA) is 190 Å². The van der Waals surface area contributed by atoms with Crippen LogP contribution in [0.3, 0.4) is 0 Å². The van der Waals surface area contributed by atoms with Crippen LogP contribution < -0.4 is 25.6 Å². The molecule has 3 aromatic heterocycles. The summed E-state index contributed by atoms with van der Waals surface area (Å²) in [6.07, 6.45) is 6.78. The zero-order valence-corrected chi connectivity index (χ0v) is 44.5. The van der Waals surface area contributed by atoms with E-state index in [1.807, 2.05) is 120 Å². The molecule has 4 aliphatic rings. The molecular weight excluding hydrogens is 979 g/mol. The second-order valence-electron chi connectivity index (χ2n) is 22.0. The number of anilines is 3. The highest BCUT2D eigenvalue weighted by Gasteiger charge is 2.45. The molecule has 1 saturated carbocycles. The number of benzene rings is 4. The summed E-state index contributed by atoms with van der Waals surface area (Å²) in [6, 6.07) is 29.1. The normalized spacial score (nSPS) is 17.8. The van der Waals surface area contributed by atoms with Gasteiger partial charge in [-0.3, -0.25) is 39.4 Å². The minimum Gasteiger partial charge on any atom is -0.493 e. The first-order chi connectivity index (χ1) is 36.5. The fourth-order valence-electron chi connectivity index (χ4n) is 11.7. The van der Waals surface area contributed by atoms with Crippen LogP contribution in [0.4, 0.5) is 16.6 Å². The van der Waals surface area contributed by atoms with Crippen LogP contribution in [-0.2, 0) is 39.1 Å². The van der Waals surface area contributed by atoms with Crippen LogP contribution in [0.15, 0.2) is 91.0 Å². The van der Waals surface area contributed by atoms with E-state index in [9.17, 15) is 24.0 Å². The maximum Gasteiger partial charge on any atom is 0.358 e. The Balaban J connectivity index is 0.691. The molecule has 3 aliphatic heterocycles. The number of imide groups is 1. The smallest absolute Gasteiger partial charge is 0.358 e. The first-order valence-corrected chi connectivity index (χ1v) is 27.2. The second-order valence-corrected chi connectivity index (χ2v) is 23.1. The molecule has 392 valence electrons. The molecule has 6 heterocycles. The van der Waals surface area contributed by atoms with Crippen molar-refractivity contribution in [1.82, 2.24) is 30.0 Å². The van der Waals surface area contributed by atoms with Crippen LogP contribution in [0.5, 0.6) is 5.75 Å². The minimum atomic E-state index is -0.746. The lowest BCUT2D eigenvalue weighted by Gasteiger charge is -2.52. The lowest BCUT2D eigenvalue weighted by Crippen LogP contribution is -2.48. The highest BCUT2D eigenvalue weighted by Crippen LogP contribution is 2.53. The molecule has 1 unspecified atom stereocenters. The number of hydrogen-bond donors (Lipinski definition) is 3. The molecule has 2 saturated heterocycles. The number of nitrogens with zero attached hydrogens (tertiary/aromatic N) is 6. The molecule has 1 aliphatic carbocycles. The summed E-state index contributed by atoms with van der Waals surface area (Å²) >= 11 is 1.44. The van der Waals surface area contributed by atoms with Crippen LogP contribution in [0.1, 0.15) is 115 Å². The molecule has 0 radical (unpaired) electrons. The SMILES string of the molecule is Cc1c(OCCC2CC3(CCN(CC(=O)Nc4ccc5c(C6CCC(=O)NC6=O)nn(C)c5c4)CC3)C2)cccc1-c1ccc(N2CCc3cccc(C(=O)Nc4nc5ccccc5s4)c3C2)nc1C(=O)OC(C)(C)C. The lowest BCUT2D eigenvalue weighted by molar-refractivity contribution is -0.134. The molecule has 11 rings (SSSR count). The predicted molar refractivity (Wildman–Crippen MR) is 294 cm³/mol. The third-order valence-electron chi connectivity index (χ3n) is 15.6. The van der Waals surface area contributed by atoms with Gasteiger partial charge in [0.25, 0.3) is 5.91 Å². The van der Waals surface area contributed by atoms with Crippen molar-refractivity contribution in [3.05, 3.63) is 125 Å². The van der Waals surface area contributed by atoms with Crippen LogP contribution in [0.25, 0.3) is 32.2 Å². The molecule has 0 bridgehead atoms. The molecule has 1 atom stereocenters. The number of aromatic nitrogens is 4. The Morgan fingerprint density at radius 3 is 2.47 bits per heavy atom. The van der Waals surface area contributed by atoms with Gasteiger partial charge in [0.05, 0.1) is 40.5 Å². The van der Waals surface area contributed by atoms with Gasteiger partial charge in [-0.05, 0) is 174 Å². The van der Waals surface area contributed by atoms with Gasteiger partial charge in [-0.2, -0.15) is 5.10 Å². The van der Waals surface area contributed by atoms with Crippen molar-refractivity contribution in [3.8, 4) is 16.9 Å². The highest BCUT2D eigenvalue weighted by molar-refractivity contribution is 7.22. The number of likely N-dealkylation sites (tertiary alicyclic amines) is 1. The van der Waals surface area contributed by atoms with Crippen molar-refractivity contribution >= 4 is 78.7 Å². The number of esters is 1. The average Bonchev–Trinajstić information content (AvgIpc) is 3.98. The van der Waals surface area contributed by atoms with Crippen LogP contribution in [-0.4, -0.2) is 92.6 Å². The minimum absolute atomic E-state index is 0.0656. The quantitative estimate of drug-likeness (QED) is 0.0734. The first-order valence-electron chi connectivity index (χ1n) is 26.4. The van der Waals surface area contributed by atoms with Crippen molar-refractivity contribution in [2.75, 3.05) is 48.3 Å². The summed E-state index contributed by atoms with van der Waals surface area (Å²) in [5, 5.41) is 14.5. The maximum absolute atomic E-state index is 14.1. The van der Waals surface area contributed by atoms with Gasteiger partial charge in [0.15, 0.2) is 10.8 Å². The number of carbonyl (C=O) groups is 5. The van der Waals surface area contributed by atoms with Crippen molar-refractivity contribution in [3.63, 3.8) is 0 Å². The van der Waals surface area contributed by atoms with Gasteiger partial charge in [-0.1, -0.05) is 47.7 Å². The summed E-state index contributed by atoms with van der Waals surface area (Å²) in [5.74, 6) is 0.0876. The number of nitrogens with one attached hydrogen (secondary N) is 3. The lowest BCUT2D eigenvalue weighted by atomic mass is 9.57. The molecular formula is C59H63N9O7S. The van der Waals surface area contributed by atoms with Gasteiger partial charge >= 0.3 is 5.97 Å². The van der Waals surface area contributed by atoms with E-state index in [0.717, 1.165) is 94.3 Å². The number of carbonyl (C=O) groups excluding carboxylic acids is 5. The maximum atomic E-state index is 14.1. The van der Waals surface area contributed by atoms with E-state index in [-0.39, 0.29) is 35.7 Å². The first kappa shape index (κ1) is 50.6. The average molecular weight is 1040 g/mol. The largest absolute Gasteiger partial charge is 0.493 e. The molecule has 7 aromatic rings. The zero-order valence-electron chi connectivity index (χ0n) is 43.7. The Morgan fingerprint density at radius 2 is 1.68 bits per heavy atom. The van der Waals surface area contributed by atoms with Gasteiger partial charge in [-0.15, -0.1) is 0 Å². The van der Waals surface area contributed by atoms with Gasteiger partial charge < -0.3 is 19.7 Å². The molecule has 16 nitrogen and oxygen atoms in total. The van der Waals surface area contributed by atoms with Gasteiger partial charge in [0.2, 0.25) is 17.7 Å². The number of hydrogen-bond acceptors (Lipinski definition) is 13. The summed E-state index contributed by atoms with van der Waals surface area (Å²) in [7, 11) is 1.82. The van der Waals surface area contributed by atoms with E-state index in [0.29, 0.717) is 83.9 Å². The number of ether oxygens (including phenoxy) is 2. The number of amides is 4. The third-order valence-corrected chi connectivity index (χ3v) is 16.6. The fourth-order valence-corrected chi connectivity index (χ4v) is 12.6. The number of rotatable bonds is 13. The van der Waals surface area contributed by atoms with E-state index >= 15 is 0 Å².